The highest BCUT2D eigenvalue weighted by atomic mass is 127. The lowest BCUT2D eigenvalue weighted by atomic mass is 9.72. The molecule has 1 N–H and O–H groups in total. The minimum atomic E-state index is -1.10. The van der Waals surface area contributed by atoms with Crippen molar-refractivity contribution < 1.29 is 76.6 Å². The number of carbonyl (C=O) groups is 7. The van der Waals surface area contributed by atoms with Crippen LogP contribution >= 0.6 is 38.5 Å². The molecule has 0 spiro atoms. The van der Waals surface area contributed by atoms with Gasteiger partial charge in [0.05, 0.1) is 69.5 Å². The summed E-state index contributed by atoms with van der Waals surface area (Å²) >= 11 is 5.67. The number of aliphatic hydroxyl groups is 1. The van der Waals surface area contributed by atoms with Gasteiger partial charge in [-0.15, -0.1) is 24.3 Å². The number of benzene rings is 8. The van der Waals surface area contributed by atoms with Crippen molar-refractivity contribution in [2.24, 2.45) is 0 Å². The summed E-state index contributed by atoms with van der Waals surface area (Å²) in [5, 5.41) is 9.90. The van der Waals surface area contributed by atoms with E-state index in [1.165, 1.54) is 24.9 Å². The molecule has 0 amide bonds. The van der Waals surface area contributed by atoms with Crippen molar-refractivity contribution in [1.82, 2.24) is 0 Å². The molecular formula is C111H128BrIO16Si. The van der Waals surface area contributed by atoms with Gasteiger partial charge >= 0.3 is 17.9 Å². The standard InChI is InChI=1S/C25H28O4.C25H26O4.C17H20O2.C16H18O2.C14H17BrO2.C9H9IO2.C5H10Si/c2*1-24(2)16-25(3,4)29-23-20(15-26)12-19(13-21(23)24)11-8-17-6-9-18(10-7-17)14-22(27)28-5;1-6-7-12-8-13(10-18)15-14(9-12)16(2,3)11-17(4,5)19-15;1-6-11-7-12(9-17)14-13(8-11)15(2,3)10-16(4,5)18-14;1-13(2)8-14(3,4)17-12-9(7-16)5-10(15)6-11(12)13;1-12-9(11)6-7-2-4-8(10)5-3-7;1-5-6(2,3)4/h6-7,9-10,12-13,26H,14-16H2,1-5H3;6-7,9-10,12-13,15H,14,16H2,1-5H3;8-10H,11H2,1-5H3;1,7-9H,10H2,2-5H3;5-7H,8H2,1-4H3;2-5H,6H2,1H3;1H,2-4H3. The van der Waals surface area contributed by atoms with Crippen molar-refractivity contribution in [3.8, 4) is 88.6 Å². The molecule has 0 saturated carbocycles. The first-order valence-electron chi connectivity index (χ1n) is 43.4. The smallest absolute Gasteiger partial charge is 0.309 e. The molecule has 0 bridgehead atoms. The maximum atomic E-state index is 11.7. The number of fused-ring (bicyclic) bond motifs is 5. The molecule has 0 unspecified atom stereocenters. The van der Waals surface area contributed by atoms with Gasteiger partial charge in [0.25, 0.3) is 0 Å². The number of hydrogen-bond donors (Lipinski definition) is 1. The number of halogens is 2. The molecule has 8 aromatic rings. The first-order chi connectivity index (χ1) is 60.4. The van der Waals surface area contributed by atoms with Crippen molar-refractivity contribution in [3.05, 3.63) is 247 Å². The fourth-order valence-corrected chi connectivity index (χ4v) is 18.5. The third kappa shape index (κ3) is 29.8. The fraction of sp³-hybridized carbons (Fsp3) is 0.414. The van der Waals surface area contributed by atoms with E-state index in [0.29, 0.717) is 40.2 Å². The van der Waals surface area contributed by atoms with Crippen molar-refractivity contribution in [1.29, 1.82) is 0 Å². The number of rotatable bonds is 11. The summed E-state index contributed by atoms with van der Waals surface area (Å²) in [5.74, 6) is 24.0. The Hall–Kier alpha value is -11.0. The lowest BCUT2D eigenvalue weighted by molar-refractivity contribution is -0.140. The minimum absolute atomic E-state index is 0.0125. The zero-order chi connectivity index (χ0) is 97.3. The van der Waals surface area contributed by atoms with Crippen molar-refractivity contribution in [3.63, 3.8) is 0 Å². The van der Waals surface area contributed by atoms with Crippen LogP contribution in [0.15, 0.2) is 138 Å². The normalized spacial score (nSPS) is 16.5. The van der Waals surface area contributed by atoms with E-state index in [4.69, 9.17) is 36.5 Å². The molecule has 16 nitrogen and oxygen atoms in total. The number of ether oxygens (including phenoxy) is 8. The zero-order valence-electron chi connectivity index (χ0n) is 80.9. The van der Waals surface area contributed by atoms with Gasteiger partial charge in [-0.05, 0) is 272 Å². The van der Waals surface area contributed by atoms with E-state index in [2.05, 4.69) is 242 Å². The third-order valence-electron chi connectivity index (χ3n) is 22.3. The van der Waals surface area contributed by atoms with Crippen LogP contribution in [0.3, 0.4) is 0 Å². The van der Waals surface area contributed by atoms with Crippen LogP contribution in [-0.2, 0) is 81.5 Å². The number of esters is 3. The summed E-state index contributed by atoms with van der Waals surface area (Å²) in [6.45, 7) is 50.5. The van der Waals surface area contributed by atoms with Gasteiger partial charge in [-0.3, -0.25) is 33.6 Å². The molecule has 686 valence electrons. The van der Waals surface area contributed by atoms with Crippen molar-refractivity contribution in [2.45, 2.75) is 278 Å². The van der Waals surface area contributed by atoms with Crippen LogP contribution in [0, 0.1) is 63.4 Å². The second kappa shape index (κ2) is 43.4. The van der Waals surface area contributed by atoms with E-state index >= 15 is 0 Å². The third-order valence-corrected chi connectivity index (χ3v) is 24.3. The van der Waals surface area contributed by atoms with Crippen molar-refractivity contribution >= 4 is 89.6 Å². The predicted octanol–water partition coefficient (Wildman–Crippen LogP) is 23.2. The number of aldehydes is 4. The Morgan fingerprint density at radius 2 is 0.646 bits per heavy atom. The molecule has 0 aromatic heterocycles. The first kappa shape index (κ1) is 106. The Morgan fingerprint density at radius 1 is 0.392 bits per heavy atom. The Morgan fingerprint density at radius 3 is 0.931 bits per heavy atom. The topological polar surface area (TPSA) is 214 Å². The second-order valence-electron chi connectivity index (χ2n) is 40.6. The molecule has 0 fully saturated rings. The molecule has 0 radical (unpaired) electrons. The van der Waals surface area contributed by atoms with Gasteiger partial charge in [0.15, 0.2) is 25.1 Å². The summed E-state index contributed by atoms with van der Waals surface area (Å²) < 4.78 is 46.3. The van der Waals surface area contributed by atoms with Gasteiger partial charge in [0.1, 0.15) is 64.8 Å². The van der Waals surface area contributed by atoms with Gasteiger partial charge < -0.3 is 43.0 Å². The first-order valence-corrected chi connectivity index (χ1v) is 48.7. The Kier molecular flexibility index (Phi) is 35.4. The van der Waals surface area contributed by atoms with Crippen LogP contribution in [-0.4, -0.2) is 106 Å². The van der Waals surface area contributed by atoms with Gasteiger partial charge in [-0.1, -0.05) is 177 Å². The van der Waals surface area contributed by atoms with Crippen LogP contribution in [0.25, 0.3) is 0 Å². The highest BCUT2D eigenvalue weighted by molar-refractivity contribution is 14.1. The molecule has 0 saturated heterocycles. The largest absolute Gasteiger partial charge is 0.487 e. The number of terminal acetylenes is 2. The quantitative estimate of drug-likeness (QED) is 0.0318. The van der Waals surface area contributed by atoms with E-state index in [1.54, 1.807) is 25.1 Å². The summed E-state index contributed by atoms with van der Waals surface area (Å²) in [4.78, 5) is 79.0. The molecule has 19 heteroatoms. The lowest BCUT2D eigenvalue weighted by Gasteiger charge is -2.43. The van der Waals surface area contributed by atoms with Crippen LogP contribution in [0.2, 0.25) is 19.6 Å². The summed E-state index contributed by atoms with van der Waals surface area (Å²) in [6.07, 6.45) is 19.2. The van der Waals surface area contributed by atoms with Gasteiger partial charge in [-0.25, -0.2) is 0 Å². The van der Waals surface area contributed by atoms with E-state index in [9.17, 15) is 38.7 Å². The SMILES string of the molecule is C#C[Si](C)(C)C.C#Cc1cc(C=O)c2c(c1)C(C)(C)CC(C)(C)O2.CC#Cc1cc(C=O)c2c(c1)C(C)(C)CC(C)(C)O2.CC1(C)CC(C)(C)c2cc(Br)cc(C=O)c2O1.COC(=O)Cc1ccc(C#Cc2cc(C=O)c3c(c2)C(C)(C)CC(C)(C)O3)cc1.COC(=O)Cc1ccc(C#Cc2cc(CO)c3c(c2)C(C)(C)CC(C)(C)O3)cc1.COC(=O)Cc1ccc(I)cc1. The minimum Gasteiger partial charge on any atom is -0.487 e. The summed E-state index contributed by atoms with van der Waals surface area (Å²) in [5.41, 5.74) is 17.1. The molecule has 5 heterocycles. The number of aliphatic hydroxyl groups excluding tert-OH is 1. The number of hydrogen-bond acceptors (Lipinski definition) is 16. The average Bonchev–Trinajstić information content (AvgIpc) is 0.775. The Labute approximate surface area is 795 Å². The summed E-state index contributed by atoms with van der Waals surface area (Å²) in [7, 11) is 3.05. The zero-order valence-corrected chi connectivity index (χ0v) is 85.6. The van der Waals surface area contributed by atoms with Crippen LogP contribution < -0.4 is 23.7 Å². The highest BCUT2D eigenvalue weighted by Gasteiger charge is 2.45. The molecule has 5 aliphatic rings. The average molecular weight is 1950 g/mol. The number of methoxy groups -OCH3 is 3. The fourth-order valence-electron chi connectivity index (χ4n) is 17.6. The van der Waals surface area contributed by atoms with Crippen LogP contribution in [0.1, 0.15) is 302 Å². The molecular weight excluding hydrogens is 1820 g/mol. The second-order valence-corrected chi connectivity index (χ2v) is 47.6. The monoisotopic (exact) mass is 1950 g/mol. The van der Waals surface area contributed by atoms with E-state index < -0.39 is 8.07 Å². The van der Waals surface area contributed by atoms with Crippen LogP contribution in [0.5, 0.6) is 28.7 Å². The maximum Gasteiger partial charge on any atom is 0.309 e. The van der Waals surface area contributed by atoms with Gasteiger partial charge in [-0.2, -0.15) is 0 Å². The predicted molar refractivity (Wildman–Crippen MR) is 533 cm³/mol. The van der Waals surface area contributed by atoms with E-state index in [-0.39, 0.29) is 92.4 Å². The molecule has 8 aromatic carbocycles. The van der Waals surface area contributed by atoms with Crippen molar-refractivity contribution in [2.75, 3.05) is 21.3 Å². The molecule has 0 atom stereocenters. The van der Waals surface area contributed by atoms with E-state index in [1.807, 2.05) is 131 Å². The maximum absolute atomic E-state index is 11.7. The van der Waals surface area contributed by atoms with Gasteiger partial charge in [0, 0.05) is 74.8 Å². The Balaban J connectivity index is 0.000000215. The number of carbonyl (C=O) groups excluding carboxylic acids is 7. The Bertz CT molecular complexity index is 5800. The molecule has 0 aliphatic carbocycles. The lowest BCUT2D eigenvalue weighted by Crippen LogP contribution is -2.41. The summed E-state index contributed by atoms with van der Waals surface area (Å²) in [6, 6.07) is 42.0. The van der Waals surface area contributed by atoms with Crippen LogP contribution in [0.4, 0.5) is 0 Å². The van der Waals surface area contributed by atoms with E-state index in [0.717, 1.165) is 162 Å². The molecule has 13 rings (SSSR count). The van der Waals surface area contributed by atoms with Gasteiger partial charge in [0.2, 0.25) is 0 Å². The molecule has 130 heavy (non-hydrogen) atoms. The highest BCUT2D eigenvalue weighted by Crippen LogP contribution is 2.52. The molecule has 5 aliphatic heterocycles.